The second kappa shape index (κ2) is 30.1. The highest BCUT2D eigenvalue weighted by Gasteiger charge is 2.64. The van der Waals surface area contributed by atoms with E-state index in [2.05, 4.69) is 54.4 Å². The van der Waals surface area contributed by atoms with E-state index < -0.39 is 95.0 Å². The number of primary amides is 1. The molecule has 0 unspecified atom stereocenters. The Morgan fingerprint density at radius 3 is 2.43 bits per heavy atom. The van der Waals surface area contributed by atoms with E-state index in [1.54, 1.807) is 65.1 Å². The number of halogens is 3. The van der Waals surface area contributed by atoms with Gasteiger partial charge >= 0.3 is 24.1 Å². The van der Waals surface area contributed by atoms with Crippen molar-refractivity contribution in [3.63, 3.8) is 0 Å². The second-order valence-corrected chi connectivity index (χ2v) is 25.2. The van der Waals surface area contributed by atoms with Gasteiger partial charge in [-0.3, -0.25) is 29.3 Å². The summed E-state index contributed by atoms with van der Waals surface area (Å²) in [6, 6.07) is 6.79. The van der Waals surface area contributed by atoms with Crippen molar-refractivity contribution in [2.75, 3.05) is 36.2 Å². The van der Waals surface area contributed by atoms with Crippen LogP contribution in [0.5, 0.6) is 0 Å². The van der Waals surface area contributed by atoms with Crippen LogP contribution in [0.3, 0.4) is 0 Å². The van der Waals surface area contributed by atoms with Gasteiger partial charge < -0.3 is 50.1 Å². The molecule has 456 valence electrons. The molecular formula is C61H82Br2ClN5O14. The number of nitrogens with zero attached hydrogens (tertiary/aromatic N) is 1. The van der Waals surface area contributed by atoms with Crippen molar-refractivity contribution in [1.29, 1.82) is 0 Å². The minimum atomic E-state index is -1.63. The van der Waals surface area contributed by atoms with E-state index in [1.165, 1.54) is 12.0 Å². The van der Waals surface area contributed by atoms with Gasteiger partial charge in [0.2, 0.25) is 11.8 Å². The topological polar surface area (TPSA) is 272 Å². The number of ether oxygens (including phenoxy) is 5. The summed E-state index contributed by atoms with van der Waals surface area (Å²) in [5.74, 6) is -4.04. The number of alkyl halides is 1. The molecule has 3 aliphatic heterocycles. The number of benzene rings is 2. The second-order valence-electron chi connectivity index (χ2n) is 23.4. The number of hydrogen-bond acceptors (Lipinski definition) is 14. The lowest BCUT2D eigenvalue weighted by Gasteiger charge is -2.41. The van der Waals surface area contributed by atoms with Crippen molar-refractivity contribution >= 4 is 102 Å². The minimum absolute atomic E-state index is 0.0138. The summed E-state index contributed by atoms with van der Waals surface area (Å²) in [5, 5.41) is 20.8. The average molecular weight is 1300 g/mol. The molecule has 5 amide bonds. The fraction of sp³-hybridized carbons (Fsp3) is 0.574. The van der Waals surface area contributed by atoms with Gasteiger partial charge in [0.15, 0.2) is 5.78 Å². The Balaban J connectivity index is 1.31. The van der Waals surface area contributed by atoms with Crippen LogP contribution in [0.15, 0.2) is 70.8 Å². The van der Waals surface area contributed by atoms with E-state index in [4.69, 9.17) is 41.0 Å². The average Bonchev–Trinajstić information content (AvgIpc) is 1.96. The van der Waals surface area contributed by atoms with Crippen LogP contribution < -0.4 is 26.6 Å². The molecule has 3 heterocycles. The third-order valence-corrected chi connectivity index (χ3v) is 17.6. The molecule has 22 heteroatoms. The molecule has 0 saturated carbocycles. The number of esters is 2. The molecular weight excluding hydrogens is 1220 g/mol. The van der Waals surface area contributed by atoms with Gasteiger partial charge in [0.05, 0.1) is 35.7 Å². The molecule has 9 atom stereocenters. The summed E-state index contributed by atoms with van der Waals surface area (Å²) in [4.78, 5) is 108. The number of ketones is 2. The van der Waals surface area contributed by atoms with Crippen LogP contribution in [0.25, 0.3) is 0 Å². The summed E-state index contributed by atoms with van der Waals surface area (Å²) in [7, 11) is 3.05. The maximum atomic E-state index is 14.4. The van der Waals surface area contributed by atoms with Gasteiger partial charge in [0.25, 0.3) is 0 Å². The van der Waals surface area contributed by atoms with Gasteiger partial charge in [0, 0.05) is 79.3 Å². The molecule has 6 N–H and O–H groups in total. The number of aryl methyl sites for hydroxylation is 1. The van der Waals surface area contributed by atoms with Crippen molar-refractivity contribution < 1.29 is 67.1 Å². The standard InChI is InChI=1S/C61H82Br2ClN5O14/c1-34(2)43(29-42(70)17-12-13-22-59(7,8)83-56(75)37(5)33-62)55(74)68-45(18-15-23-66-57(65)76)47(71)27-40-20-21-41(28-44(40)63)67-58(77)81-50-30-51(72)69(10)46-26-39(25-36(4)53(46)64)24-35(3)16-14-19-49(79-11)61(78)31-48(80-52(73)32-61)38(6)54-60(50,9)82-54/h14,16,19-21,25-26,28,34,38,43,45,48-50,54,78H,5,12-13,15,17-18,22-24,27,29-33H2,1-4,6-11H3,(H,67,77)(H,68,74)(H3,65,66,76)/b19-14+,35-16+/t38-,43+,45+,48+,49-,50+,54+,60+,61-/m1/s1. The molecule has 2 saturated heterocycles. The van der Waals surface area contributed by atoms with Gasteiger partial charge in [-0.1, -0.05) is 107 Å². The largest absolute Gasteiger partial charge is 0.462 e. The normalized spacial score (nSPS) is 24.6. The van der Waals surface area contributed by atoms with Crippen LogP contribution in [0.4, 0.5) is 21.0 Å². The number of carbonyl (C=O) groups excluding carboxylic acids is 8. The predicted octanol–water partition coefficient (Wildman–Crippen LogP) is 9.79. The number of epoxide rings is 1. The SMILES string of the molecule is C=C(CBr)C(=O)OC(C)(C)CCCCC(=O)C[C@H](C(=O)N[C@@H](CCCNC(N)=O)C(=O)Cc1ccc(NC(=O)O[C@H]2CC(=O)N(C)c3cc(cc(C)c3Cl)C/C(C)=C/C=C/[C@@H](OC)[C@]3(O)CC(=O)O[C@@H](C3)[C@@H](C)[C@@H]3O[C@@]23C)cc1Br)C(C)C. The molecule has 0 aromatic heterocycles. The number of amides is 5. The van der Waals surface area contributed by atoms with Crippen LogP contribution >= 0.6 is 43.5 Å². The maximum Gasteiger partial charge on any atom is 0.412 e. The van der Waals surface area contributed by atoms with Crippen molar-refractivity contribution in [3.05, 3.63) is 92.5 Å². The fourth-order valence-corrected chi connectivity index (χ4v) is 11.6. The molecule has 3 aliphatic rings. The fourth-order valence-electron chi connectivity index (χ4n) is 10.6. The Bertz CT molecular complexity index is 2820. The smallest absolute Gasteiger partial charge is 0.412 e. The van der Waals surface area contributed by atoms with Crippen molar-refractivity contribution in [3.8, 4) is 0 Å². The number of fused-ring (bicyclic) bond motifs is 5. The van der Waals surface area contributed by atoms with Gasteiger partial charge in [-0.25, -0.2) is 14.4 Å². The van der Waals surface area contributed by atoms with E-state index in [0.29, 0.717) is 63.8 Å². The van der Waals surface area contributed by atoms with Gasteiger partial charge in [-0.05, 0) is 114 Å². The van der Waals surface area contributed by atoms with Gasteiger partial charge in [-0.2, -0.15) is 0 Å². The number of anilines is 2. The van der Waals surface area contributed by atoms with Crippen LogP contribution in [-0.4, -0.2) is 126 Å². The molecule has 0 spiro atoms. The number of nitrogens with one attached hydrogen (secondary N) is 3. The first-order valence-electron chi connectivity index (χ1n) is 28.0. The quantitative estimate of drug-likeness (QED) is 0.0173. The van der Waals surface area contributed by atoms with Gasteiger partial charge in [-0.15, -0.1) is 0 Å². The first-order valence-corrected chi connectivity index (χ1v) is 30.3. The number of rotatable bonds is 23. The highest BCUT2D eigenvalue weighted by Crippen LogP contribution is 2.50. The Labute approximate surface area is 509 Å². The molecule has 83 heavy (non-hydrogen) atoms. The third-order valence-electron chi connectivity index (χ3n) is 15.7. The van der Waals surface area contributed by atoms with E-state index >= 15 is 0 Å². The summed E-state index contributed by atoms with van der Waals surface area (Å²) in [5.41, 5.74) is 5.73. The Hall–Kier alpha value is -5.45. The molecule has 5 rings (SSSR count). The van der Waals surface area contributed by atoms with Crippen molar-refractivity contribution in [2.24, 2.45) is 23.5 Å². The number of urea groups is 1. The first kappa shape index (κ1) is 68.3. The summed E-state index contributed by atoms with van der Waals surface area (Å²) in [6.45, 7) is 18.4. The monoisotopic (exact) mass is 1300 g/mol. The Kier molecular flexibility index (Phi) is 24.8. The highest BCUT2D eigenvalue weighted by molar-refractivity contribution is 9.10. The van der Waals surface area contributed by atoms with Crippen molar-refractivity contribution in [1.82, 2.24) is 10.6 Å². The molecule has 19 nitrogen and oxygen atoms in total. The Morgan fingerprint density at radius 1 is 1.07 bits per heavy atom. The van der Waals surface area contributed by atoms with E-state index in [9.17, 15) is 43.5 Å². The lowest BCUT2D eigenvalue weighted by atomic mass is 9.78. The molecule has 0 aliphatic carbocycles. The number of methoxy groups -OCH3 is 1. The molecule has 0 radical (unpaired) electrons. The number of Topliss-reactive ketones (excluding diaryl/α,β-unsaturated/α-hetero) is 2. The van der Waals surface area contributed by atoms with Crippen LogP contribution in [0, 0.1) is 24.7 Å². The zero-order valence-electron chi connectivity index (χ0n) is 49.3. The molecule has 2 aromatic rings. The lowest BCUT2D eigenvalue weighted by molar-refractivity contribution is -0.187. The molecule has 4 bridgehead atoms. The zero-order valence-corrected chi connectivity index (χ0v) is 53.2. The highest BCUT2D eigenvalue weighted by atomic mass is 79.9. The summed E-state index contributed by atoms with van der Waals surface area (Å²) in [6.07, 6.45) is 2.77. The van der Waals surface area contributed by atoms with Crippen LogP contribution in [0.1, 0.15) is 129 Å². The summed E-state index contributed by atoms with van der Waals surface area (Å²) < 4.78 is 30.1. The van der Waals surface area contributed by atoms with Gasteiger partial charge in [0.1, 0.15) is 40.9 Å². The summed E-state index contributed by atoms with van der Waals surface area (Å²) >= 11 is 13.6. The number of unbranched alkanes of at least 4 members (excludes halogenated alkanes) is 1. The lowest BCUT2D eigenvalue weighted by Crippen LogP contribution is -2.53. The van der Waals surface area contributed by atoms with Crippen molar-refractivity contribution in [2.45, 2.75) is 180 Å². The molecule has 2 fully saturated rings. The number of carbonyl (C=O) groups is 8. The number of hydrogen-bond donors (Lipinski definition) is 5. The first-order chi connectivity index (χ1) is 38.9. The van der Waals surface area contributed by atoms with Crippen LogP contribution in [-0.2, 0) is 65.3 Å². The predicted molar refractivity (Wildman–Crippen MR) is 323 cm³/mol. The molecule has 2 aromatic carbocycles. The number of allylic oxidation sites excluding steroid dienone is 3. The minimum Gasteiger partial charge on any atom is -0.462 e. The Morgan fingerprint density at radius 2 is 1.78 bits per heavy atom. The zero-order chi connectivity index (χ0) is 61.7. The number of nitrogens with two attached hydrogens (primary N) is 1. The third kappa shape index (κ3) is 19.3. The maximum absolute atomic E-state index is 14.4. The van der Waals surface area contributed by atoms with E-state index in [0.717, 1.165) is 16.7 Å². The van der Waals surface area contributed by atoms with Crippen LogP contribution in [0.2, 0.25) is 5.02 Å². The number of aliphatic hydroxyl groups is 1. The van der Waals surface area contributed by atoms with E-state index in [-0.39, 0.29) is 74.7 Å². The van der Waals surface area contributed by atoms with E-state index in [1.807, 2.05) is 45.9 Å².